The van der Waals surface area contributed by atoms with Gasteiger partial charge >= 0.3 is 0 Å². The van der Waals surface area contributed by atoms with Crippen LogP contribution in [-0.4, -0.2) is 0 Å². The second-order valence-electron chi connectivity index (χ2n) is 10.2. The second kappa shape index (κ2) is 11.3. The van der Waals surface area contributed by atoms with Gasteiger partial charge in [0.05, 0.1) is 10.3 Å². The van der Waals surface area contributed by atoms with Crippen LogP contribution in [-0.2, 0) is 10.3 Å². The maximum atomic E-state index is 3.23. The largest absolute Gasteiger partial charge is 0.117 e. The third kappa shape index (κ3) is 4.63. The highest BCUT2D eigenvalue weighted by Gasteiger charge is 2.37. The summed E-state index contributed by atoms with van der Waals surface area (Å²) in [6.45, 7) is 0. The van der Waals surface area contributed by atoms with Crippen LogP contribution in [0.4, 0.5) is 0 Å². The predicted molar refractivity (Wildman–Crippen MR) is 177 cm³/mol. The molecule has 194 valence electrons. The molecule has 6 aromatic carbocycles. The summed E-state index contributed by atoms with van der Waals surface area (Å²) < 4.78 is 0. The maximum absolute atomic E-state index is 3.23. The molecular weight excluding hydrogens is 518 g/mol. The first kappa shape index (κ1) is 26.4. The molecule has 0 saturated heterocycles. The van der Waals surface area contributed by atoms with Gasteiger partial charge in [0.1, 0.15) is 0 Å². The average molecular weight is 551 g/mol. The lowest BCUT2D eigenvalue weighted by Crippen LogP contribution is -2.25. The Morgan fingerprint density at radius 1 is 0.275 bits per heavy atom. The van der Waals surface area contributed by atoms with Crippen LogP contribution in [0.2, 0.25) is 0 Å². The van der Waals surface area contributed by atoms with Crippen molar-refractivity contribution in [3.05, 3.63) is 203 Å². The van der Waals surface area contributed by atoms with E-state index in [1.165, 1.54) is 44.5 Å². The predicted octanol–water partition coefficient (Wildman–Crippen LogP) is 9.69. The molecule has 0 bridgehead atoms. The van der Waals surface area contributed by atoms with E-state index >= 15 is 0 Å². The highest BCUT2D eigenvalue weighted by Crippen LogP contribution is 2.52. The van der Waals surface area contributed by atoms with Crippen LogP contribution < -0.4 is 0 Å². The lowest BCUT2D eigenvalue weighted by atomic mass is 9.76. The molecule has 2 unspecified atom stereocenters. The van der Waals surface area contributed by atoms with Gasteiger partial charge in [-0.05, 0) is 44.5 Å². The lowest BCUT2D eigenvalue weighted by Gasteiger charge is -2.36. The van der Waals surface area contributed by atoms with E-state index in [4.69, 9.17) is 0 Å². The van der Waals surface area contributed by atoms with E-state index in [2.05, 4.69) is 188 Å². The summed E-state index contributed by atoms with van der Waals surface area (Å²) in [5.41, 5.74) is 9.88. The standard InChI is InChI=1S/C38H32P2/c39-37(29-17-5-1-6-18-29,30-19-7-2-8-20-30)35-27-15-13-25-33(35)34-26-14-16-28-36(34)38(40,31-21-9-3-10-22-31)32-23-11-4-12-24-32/h1-28H,39-40H2. The minimum atomic E-state index is -0.435. The van der Waals surface area contributed by atoms with Crippen molar-refractivity contribution in [2.24, 2.45) is 0 Å². The van der Waals surface area contributed by atoms with E-state index in [0.717, 1.165) is 0 Å². The maximum Gasteiger partial charge on any atom is 0.0597 e. The molecular formula is C38H32P2. The van der Waals surface area contributed by atoms with Gasteiger partial charge in [0.2, 0.25) is 0 Å². The molecule has 0 heterocycles. The van der Waals surface area contributed by atoms with Gasteiger partial charge in [-0.3, -0.25) is 0 Å². The second-order valence-corrected chi connectivity index (χ2v) is 11.9. The number of rotatable bonds is 7. The summed E-state index contributed by atoms with van der Waals surface area (Å²) in [5, 5.41) is -0.871. The monoisotopic (exact) mass is 550 g/mol. The van der Waals surface area contributed by atoms with Gasteiger partial charge in [-0.1, -0.05) is 170 Å². The third-order valence-electron chi connectivity index (χ3n) is 7.91. The van der Waals surface area contributed by atoms with Crippen LogP contribution in [0.1, 0.15) is 33.4 Å². The first-order valence-corrected chi connectivity index (χ1v) is 14.8. The molecule has 2 heteroatoms. The van der Waals surface area contributed by atoms with E-state index in [9.17, 15) is 0 Å². The molecule has 0 N–H and O–H groups in total. The fourth-order valence-corrected chi connectivity index (χ4v) is 7.16. The smallest absolute Gasteiger partial charge is 0.0597 e. The van der Waals surface area contributed by atoms with Crippen LogP contribution in [0.5, 0.6) is 0 Å². The van der Waals surface area contributed by atoms with Crippen LogP contribution >= 0.6 is 18.5 Å². The summed E-state index contributed by atoms with van der Waals surface area (Å²) in [5.74, 6) is 0. The van der Waals surface area contributed by atoms with E-state index in [1.807, 2.05) is 0 Å². The Bertz CT molecular complexity index is 1490. The summed E-state index contributed by atoms with van der Waals surface area (Å²) in [7, 11) is 6.46. The van der Waals surface area contributed by atoms with Crippen LogP contribution in [0, 0.1) is 0 Å². The van der Waals surface area contributed by atoms with Crippen LogP contribution in [0.3, 0.4) is 0 Å². The van der Waals surface area contributed by atoms with Gasteiger partial charge in [-0.2, -0.15) is 0 Å². The molecule has 0 aliphatic rings. The Labute approximate surface area is 242 Å². The minimum Gasteiger partial charge on any atom is -0.117 e. The SMILES string of the molecule is PC(c1ccccc1)(c1ccccc1)c1ccccc1-c1ccccc1C(P)(c1ccccc1)c1ccccc1. The highest BCUT2D eigenvalue weighted by atomic mass is 31.0. The minimum absolute atomic E-state index is 0.435. The van der Waals surface area contributed by atoms with Crippen LogP contribution in [0.15, 0.2) is 170 Å². The van der Waals surface area contributed by atoms with Crippen molar-refractivity contribution in [3.8, 4) is 11.1 Å². The number of hydrogen-bond acceptors (Lipinski definition) is 0. The Kier molecular flexibility index (Phi) is 7.49. The van der Waals surface area contributed by atoms with Gasteiger partial charge in [-0.15, -0.1) is 18.5 Å². The molecule has 0 aliphatic heterocycles. The molecule has 0 aromatic heterocycles. The van der Waals surface area contributed by atoms with Crippen molar-refractivity contribution in [1.29, 1.82) is 0 Å². The summed E-state index contributed by atoms with van der Waals surface area (Å²) in [6.07, 6.45) is 0. The fourth-order valence-electron chi connectivity index (χ4n) is 5.88. The quantitative estimate of drug-likeness (QED) is 0.137. The van der Waals surface area contributed by atoms with Crippen molar-refractivity contribution >= 4 is 18.5 Å². The third-order valence-corrected chi connectivity index (χ3v) is 9.87. The first-order valence-electron chi connectivity index (χ1n) is 13.6. The Balaban J connectivity index is 1.65. The lowest BCUT2D eigenvalue weighted by molar-refractivity contribution is 0.886. The number of hydrogen-bond donors (Lipinski definition) is 0. The van der Waals surface area contributed by atoms with Gasteiger partial charge < -0.3 is 0 Å². The summed E-state index contributed by atoms with van der Waals surface area (Å²) >= 11 is 0. The average Bonchev–Trinajstić information content (AvgIpc) is 3.05. The van der Waals surface area contributed by atoms with Crippen molar-refractivity contribution in [2.45, 2.75) is 10.3 Å². The molecule has 40 heavy (non-hydrogen) atoms. The molecule has 0 spiro atoms. The van der Waals surface area contributed by atoms with Crippen LogP contribution in [0.25, 0.3) is 11.1 Å². The molecule has 0 fully saturated rings. The fraction of sp³-hybridized carbons (Fsp3) is 0.0526. The van der Waals surface area contributed by atoms with Gasteiger partial charge in [0.15, 0.2) is 0 Å². The highest BCUT2D eigenvalue weighted by molar-refractivity contribution is 7.19. The van der Waals surface area contributed by atoms with E-state index in [0.29, 0.717) is 0 Å². The topological polar surface area (TPSA) is 0 Å². The summed E-state index contributed by atoms with van der Waals surface area (Å²) in [4.78, 5) is 0. The molecule has 0 amide bonds. The first-order chi connectivity index (χ1) is 19.6. The molecule has 2 atom stereocenters. The molecule has 0 radical (unpaired) electrons. The summed E-state index contributed by atoms with van der Waals surface area (Å²) in [6, 6.07) is 61.0. The van der Waals surface area contributed by atoms with E-state index < -0.39 is 10.3 Å². The van der Waals surface area contributed by atoms with Gasteiger partial charge in [-0.25, -0.2) is 0 Å². The van der Waals surface area contributed by atoms with E-state index in [-0.39, 0.29) is 0 Å². The van der Waals surface area contributed by atoms with Crippen molar-refractivity contribution < 1.29 is 0 Å². The molecule has 6 aromatic rings. The van der Waals surface area contributed by atoms with Crippen molar-refractivity contribution in [2.75, 3.05) is 0 Å². The molecule has 0 aliphatic carbocycles. The Morgan fingerprint density at radius 3 is 0.775 bits per heavy atom. The zero-order chi connectivity index (χ0) is 27.4. The molecule has 0 saturated carbocycles. The zero-order valence-electron chi connectivity index (χ0n) is 22.3. The molecule has 6 rings (SSSR count). The van der Waals surface area contributed by atoms with Gasteiger partial charge in [0.25, 0.3) is 0 Å². The Hall–Kier alpha value is -3.82. The number of benzene rings is 6. The van der Waals surface area contributed by atoms with Gasteiger partial charge in [0, 0.05) is 0 Å². The Morgan fingerprint density at radius 2 is 0.500 bits per heavy atom. The molecule has 0 nitrogen and oxygen atoms in total. The van der Waals surface area contributed by atoms with Crippen molar-refractivity contribution in [1.82, 2.24) is 0 Å². The van der Waals surface area contributed by atoms with E-state index in [1.54, 1.807) is 0 Å². The van der Waals surface area contributed by atoms with Crippen molar-refractivity contribution in [3.63, 3.8) is 0 Å². The normalized spacial score (nSPS) is 11.8. The zero-order valence-corrected chi connectivity index (χ0v) is 24.6.